The molecule has 0 bridgehead atoms. The van der Waals surface area contributed by atoms with Crippen LogP contribution in [0, 0.1) is 6.92 Å². The highest BCUT2D eigenvalue weighted by Crippen LogP contribution is 2.12. The summed E-state index contributed by atoms with van der Waals surface area (Å²) in [6.07, 6.45) is 2.23. The topological polar surface area (TPSA) is 42.0 Å². The van der Waals surface area contributed by atoms with E-state index in [0.717, 1.165) is 16.8 Å². The van der Waals surface area contributed by atoms with Gasteiger partial charge in [-0.15, -0.1) is 0 Å². The number of amides is 1. The first kappa shape index (κ1) is 10.7. The van der Waals surface area contributed by atoms with Gasteiger partial charge in [-0.3, -0.25) is 9.78 Å². The Balaban J connectivity index is 0.000000461. The van der Waals surface area contributed by atoms with Crippen molar-refractivity contribution in [1.82, 2.24) is 10.3 Å². The predicted octanol–water partition coefficient (Wildman–Crippen LogP) is 1.59. The van der Waals surface area contributed by atoms with Crippen LogP contribution in [0.15, 0.2) is 12.3 Å². The maximum atomic E-state index is 11.0. The summed E-state index contributed by atoms with van der Waals surface area (Å²) >= 11 is 0. The smallest absolute Gasteiger partial charge is 0.226 e. The van der Waals surface area contributed by atoms with Gasteiger partial charge in [0.05, 0.1) is 12.1 Å². The van der Waals surface area contributed by atoms with Gasteiger partial charge in [-0.25, -0.2) is 0 Å². The molecule has 0 saturated carbocycles. The average Bonchev–Trinajstić information content (AvgIpc) is 2.21. The number of pyridine rings is 1. The Morgan fingerprint density at radius 3 is 2.86 bits per heavy atom. The molecule has 1 aliphatic heterocycles. The van der Waals surface area contributed by atoms with Gasteiger partial charge in [0.1, 0.15) is 0 Å². The quantitative estimate of drug-likeness (QED) is 0.678. The first-order valence-electron chi connectivity index (χ1n) is 4.97. The fraction of sp³-hybridized carbons (Fsp3) is 0.455. The molecule has 0 spiro atoms. The van der Waals surface area contributed by atoms with Gasteiger partial charge in [-0.2, -0.15) is 0 Å². The molecule has 0 unspecified atom stereocenters. The number of fused-ring (bicyclic) bond motifs is 1. The number of rotatable bonds is 0. The molecule has 0 saturated heterocycles. The lowest BCUT2D eigenvalue weighted by Gasteiger charge is -2.15. The second kappa shape index (κ2) is 4.74. The molecule has 0 fully saturated rings. The van der Waals surface area contributed by atoms with Crippen molar-refractivity contribution in [3.63, 3.8) is 0 Å². The lowest BCUT2D eigenvalue weighted by atomic mass is 10.1. The van der Waals surface area contributed by atoms with Gasteiger partial charge in [0.15, 0.2) is 0 Å². The van der Waals surface area contributed by atoms with E-state index in [4.69, 9.17) is 0 Å². The molecular formula is C11H16N2O. The van der Waals surface area contributed by atoms with Crippen molar-refractivity contribution in [2.75, 3.05) is 0 Å². The molecule has 0 atom stereocenters. The van der Waals surface area contributed by atoms with Crippen LogP contribution in [0.5, 0.6) is 0 Å². The Kier molecular flexibility index (Phi) is 3.63. The molecule has 0 aliphatic carbocycles. The summed E-state index contributed by atoms with van der Waals surface area (Å²) in [7, 11) is 0. The fourth-order valence-electron chi connectivity index (χ4n) is 1.38. The zero-order valence-corrected chi connectivity index (χ0v) is 8.92. The molecule has 14 heavy (non-hydrogen) atoms. The summed E-state index contributed by atoms with van der Waals surface area (Å²) in [5.41, 5.74) is 3.21. The third kappa shape index (κ3) is 2.31. The van der Waals surface area contributed by atoms with Gasteiger partial charge in [0, 0.05) is 12.7 Å². The van der Waals surface area contributed by atoms with Crippen LogP contribution in [-0.4, -0.2) is 10.9 Å². The largest absolute Gasteiger partial charge is 0.352 e. The molecule has 2 rings (SSSR count). The van der Waals surface area contributed by atoms with E-state index in [9.17, 15) is 4.79 Å². The molecule has 76 valence electrons. The Morgan fingerprint density at radius 2 is 2.14 bits per heavy atom. The van der Waals surface area contributed by atoms with Crippen molar-refractivity contribution >= 4 is 5.91 Å². The number of hydrogen-bond acceptors (Lipinski definition) is 2. The van der Waals surface area contributed by atoms with E-state index in [1.807, 2.05) is 20.8 Å². The molecule has 1 amide bonds. The molecular weight excluding hydrogens is 176 g/mol. The maximum absolute atomic E-state index is 11.0. The van der Waals surface area contributed by atoms with Gasteiger partial charge in [0.2, 0.25) is 5.91 Å². The Labute approximate surface area is 84.6 Å². The summed E-state index contributed by atoms with van der Waals surface area (Å²) in [5, 5.41) is 2.79. The standard InChI is InChI=1S/C9H10N2O.C2H6/c1-6-2-7-5-11-9(12)3-8(7)10-4-6;1-2/h2,4H,3,5H2,1H3,(H,11,12);1-2H3. The molecule has 1 aromatic heterocycles. The highest BCUT2D eigenvalue weighted by molar-refractivity contribution is 5.80. The van der Waals surface area contributed by atoms with Crippen LogP contribution in [0.1, 0.15) is 30.7 Å². The number of nitrogens with zero attached hydrogens (tertiary/aromatic N) is 1. The zero-order chi connectivity index (χ0) is 10.6. The average molecular weight is 192 g/mol. The minimum absolute atomic E-state index is 0.0684. The monoisotopic (exact) mass is 192 g/mol. The van der Waals surface area contributed by atoms with Gasteiger partial charge < -0.3 is 5.32 Å². The Bertz CT molecular complexity index is 334. The van der Waals surface area contributed by atoms with E-state index < -0.39 is 0 Å². The van der Waals surface area contributed by atoms with E-state index in [0.29, 0.717) is 13.0 Å². The molecule has 0 radical (unpaired) electrons. The number of hydrogen-bond donors (Lipinski definition) is 1. The van der Waals surface area contributed by atoms with Crippen LogP contribution in [0.4, 0.5) is 0 Å². The molecule has 1 aliphatic rings. The van der Waals surface area contributed by atoms with Crippen LogP contribution in [0.3, 0.4) is 0 Å². The minimum atomic E-state index is 0.0684. The van der Waals surface area contributed by atoms with E-state index in [-0.39, 0.29) is 5.91 Å². The van der Waals surface area contributed by atoms with Crippen LogP contribution in [-0.2, 0) is 17.8 Å². The minimum Gasteiger partial charge on any atom is -0.352 e. The van der Waals surface area contributed by atoms with Gasteiger partial charge in [-0.1, -0.05) is 19.9 Å². The van der Waals surface area contributed by atoms with Crippen molar-refractivity contribution in [3.8, 4) is 0 Å². The number of carbonyl (C=O) groups is 1. The normalized spacial score (nSPS) is 13.5. The second-order valence-electron chi connectivity index (χ2n) is 3.07. The van der Waals surface area contributed by atoms with E-state index in [2.05, 4.69) is 16.4 Å². The van der Waals surface area contributed by atoms with Crippen molar-refractivity contribution in [2.24, 2.45) is 0 Å². The highest BCUT2D eigenvalue weighted by Gasteiger charge is 2.15. The molecule has 1 N–H and O–H groups in total. The summed E-state index contributed by atoms with van der Waals surface area (Å²) in [4.78, 5) is 15.2. The number of aromatic nitrogens is 1. The van der Waals surface area contributed by atoms with Gasteiger partial charge >= 0.3 is 0 Å². The van der Waals surface area contributed by atoms with Crippen molar-refractivity contribution in [1.29, 1.82) is 0 Å². The fourth-order valence-corrected chi connectivity index (χ4v) is 1.38. The third-order valence-electron chi connectivity index (χ3n) is 2.00. The van der Waals surface area contributed by atoms with E-state index in [1.54, 1.807) is 6.20 Å². The lowest BCUT2D eigenvalue weighted by molar-refractivity contribution is -0.121. The molecule has 1 aromatic rings. The van der Waals surface area contributed by atoms with Crippen molar-refractivity contribution < 1.29 is 4.79 Å². The molecule has 2 heterocycles. The first-order chi connectivity index (χ1) is 6.75. The predicted molar refractivity (Wildman–Crippen MR) is 55.9 cm³/mol. The third-order valence-corrected chi connectivity index (χ3v) is 2.00. The highest BCUT2D eigenvalue weighted by atomic mass is 16.1. The Morgan fingerprint density at radius 1 is 1.43 bits per heavy atom. The SMILES string of the molecule is CC.Cc1cnc2c(c1)CNC(=O)C2. The van der Waals surface area contributed by atoms with Crippen LogP contribution >= 0.6 is 0 Å². The van der Waals surface area contributed by atoms with Crippen LogP contribution in [0.2, 0.25) is 0 Å². The van der Waals surface area contributed by atoms with Crippen molar-refractivity contribution in [3.05, 3.63) is 29.1 Å². The number of carbonyl (C=O) groups excluding carboxylic acids is 1. The number of nitrogens with one attached hydrogen (secondary N) is 1. The second-order valence-corrected chi connectivity index (χ2v) is 3.07. The molecule has 0 aromatic carbocycles. The van der Waals surface area contributed by atoms with E-state index in [1.165, 1.54) is 0 Å². The van der Waals surface area contributed by atoms with Crippen LogP contribution in [0.25, 0.3) is 0 Å². The summed E-state index contributed by atoms with van der Waals surface area (Å²) in [6.45, 7) is 6.63. The Hall–Kier alpha value is -1.38. The molecule has 3 nitrogen and oxygen atoms in total. The van der Waals surface area contributed by atoms with E-state index >= 15 is 0 Å². The lowest BCUT2D eigenvalue weighted by Crippen LogP contribution is -2.30. The van der Waals surface area contributed by atoms with Crippen LogP contribution < -0.4 is 5.32 Å². The summed E-state index contributed by atoms with van der Waals surface area (Å²) in [5.74, 6) is 0.0684. The maximum Gasteiger partial charge on any atom is 0.226 e. The first-order valence-corrected chi connectivity index (χ1v) is 4.97. The molecule has 3 heteroatoms. The summed E-state index contributed by atoms with van der Waals surface area (Å²) < 4.78 is 0. The van der Waals surface area contributed by atoms with Gasteiger partial charge in [-0.05, 0) is 18.1 Å². The summed E-state index contributed by atoms with van der Waals surface area (Å²) in [6, 6.07) is 2.07. The number of aryl methyl sites for hydroxylation is 1. The van der Waals surface area contributed by atoms with Crippen molar-refractivity contribution in [2.45, 2.75) is 33.7 Å². The van der Waals surface area contributed by atoms with Gasteiger partial charge in [0.25, 0.3) is 0 Å². The zero-order valence-electron chi connectivity index (χ0n) is 8.92.